The van der Waals surface area contributed by atoms with Gasteiger partial charge in [-0.05, 0) is 43.2 Å². The van der Waals surface area contributed by atoms with E-state index in [4.69, 9.17) is 37.4 Å². The van der Waals surface area contributed by atoms with E-state index in [-0.39, 0.29) is 0 Å². The molecule has 0 aromatic heterocycles. The van der Waals surface area contributed by atoms with Crippen molar-refractivity contribution in [2.75, 3.05) is 20.3 Å². The van der Waals surface area contributed by atoms with Crippen molar-refractivity contribution in [2.45, 2.75) is 12.8 Å². The Bertz CT molecular complexity index is 689. The van der Waals surface area contributed by atoms with Crippen molar-refractivity contribution in [3.05, 3.63) is 52.0 Å². The van der Waals surface area contributed by atoms with Gasteiger partial charge in [-0.15, -0.1) is 0 Å². The number of ether oxygens (including phenoxy) is 3. The summed E-state index contributed by atoms with van der Waals surface area (Å²) >= 11 is 12.0. The van der Waals surface area contributed by atoms with Gasteiger partial charge in [0.1, 0.15) is 17.1 Å². The molecule has 0 amide bonds. The van der Waals surface area contributed by atoms with Crippen LogP contribution in [0.3, 0.4) is 0 Å². The second-order valence-electron chi connectivity index (χ2n) is 4.98. The minimum atomic E-state index is 0.426. The normalized spacial score (nSPS) is 10.3. The number of aldehydes is 1. The third kappa shape index (κ3) is 5.05. The molecule has 2 rings (SSSR count). The Kier molecular flexibility index (Phi) is 7.22. The van der Waals surface area contributed by atoms with Gasteiger partial charge in [0.25, 0.3) is 0 Å². The average molecular weight is 369 g/mol. The molecule has 4 nitrogen and oxygen atoms in total. The molecule has 0 N–H and O–H groups in total. The summed E-state index contributed by atoms with van der Waals surface area (Å²) in [6.45, 7) is 1.04. The van der Waals surface area contributed by atoms with Crippen molar-refractivity contribution in [1.82, 2.24) is 0 Å². The summed E-state index contributed by atoms with van der Waals surface area (Å²) in [6, 6.07) is 10.4. The zero-order valence-electron chi connectivity index (χ0n) is 13.3. The highest BCUT2D eigenvalue weighted by atomic mass is 35.5. The highest BCUT2D eigenvalue weighted by molar-refractivity contribution is 6.42. The van der Waals surface area contributed by atoms with E-state index in [1.165, 1.54) is 0 Å². The van der Waals surface area contributed by atoms with E-state index in [0.717, 1.165) is 19.1 Å². The number of benzene rings is 2. The minimum Gasteiger partial charge on any atom is -0.493 e. The van der Waals surface area contributed by atoms with Gasteiger partial charge in [0.05, 0.1) is 25.3 Å². The Morgan fingerprint density at radius 1 is 0.958 bits per heavy atom. The molecule has 0 bridgehead atoms. The molecule has 0 unspecified atom stereocenters. The van der Waals surface area contributed by atoms with Crippen LogP contribution in [0.15, 0.2) is 36.4 Å². The molecule has 24 heavy (non-hydrogen) atoms. The summed E-state index contributed by atoms with van der Waals surface area (Å²) in [5, 5.41) is 0.902. The number of rotatable bonds is 9. The van der Waals surface area contributed by atoms with Crippen molar-refractivity contribution in [3.8, 4) is 17.2 Å². The van der Waals surface area contributed by atoms with Gasteiger partial charge in [-0.25, -0.2) is 0 Å². The number of halogens is 2. The van der Waals surface area contributed by atoms with E-state index in [9.17, 15) is 4.79 Å². The molecular formula is C18H18Cl2O4. The molecule has 0 saturated carbocycles. The van der Waals surface area contributed by atoms with E-state index < -0.39 is 0 Å². The number of hydrogen-bond acceptors (Lipinski definition) is 4. The van der Waals surface area contributed by atoms with Gasteiger partial charge in [0.2, 0.25) is 0 Å². The van der Waals surface area contributed by atoms with Crippen LogP contribution in [0.2, 0.25) is 10.0 Å². The number of methoxy groups -OCH3 is 1. The lowest BCUT2D eigenvalue weighted by Gasteiger charge is -2.11. The number of unbranched alkanes of at least 4 members (excludes halogenated alkanes) is 1. The molecule has 128 valence electrons. The Hall–Kier alpha value is -1.91. The van der Waals surface area contributed by atoms with Crippen LogP contribution >= 0.6 is 23.2 Å². The predicted octanol–water partition coefficient (Wildman–Crippen LogP) is 5.05. The zero-order chi connectivity index (χ0) is 17.4. The van der Waals surface area contributed by atoms with Crippen LogP contribution in [0, 0.1) is 0 Å². The monoisotopic (exact) mass is 368 g/mol. The minimum absolute atomic E-state index is 0.426. The highest BCUT2D eigenvalue weighted by Gasteiger charge is 2.06. The lowest BCUT2D eigenvalue weighted by Crippen LogP contribution is -2.04. The smallest absolute Gasteiger partial charge is 0.161 e. The van der Waals surface area contributed by atoms with Crippen molar-refractivity contribution in [3.63, 3.8) is 0 Å². The summed E-state index contributed by atoms with van der Waals surface area (Å²) in [5.41, 5.74) is 0.547. The van der Waals surface area contributed by atoms with E-state index in [1.54, 1.807) is 43.5 Å². The molecule has 0 fully saturated rings. The Morgan fingerprint density at radius 2 is 1.67 bits per heavy atom. The first-order valence-corrected chi connectivity index (χ1v) is 8.24. The predicted molar refractivity (Wildman–Crippen MR) is 95.1 cm³/mol. The van der Waals surface area contributed by atoms with Crippen LogP contribution in [0.5, 0.6) is 17.2 Å². The van der Waals surface area contributed by atoms with E-state index in [2.05, 4.69) is 0 Å². The second-order valence-corrected chi connectivity index (χ2v) is 5.77. The molecule has 2 aromatic rings. The van der Waals surface area contributed by atoms with E-state index >= 15 is 0 Å². The third-order valence-corrected chi connectivity index (χ3v) is 4.10. The molecule has 0 aliphatic heterocycles. The maximum Gasteiger partial charge on any atom is 0.161 e. The maximum absolute atomic E-state index is 10.8. The molecule has 0 atom stereocenters. The largest absolute Gasteiger partial charge is 0.493 e. The van der Waals surface area contributed by atoms with Crippen molar-refractivity contribution in [2.24, 2.45) is 0 Å². The van der Waals surface area contributed by atoms with Crippen molar-refractivity contribution >= 4 is 29.5 Å². The lowest BCUT2D eigenvalue weighted by molar-refractivity contribution is 0.112. The average Bonchev–Trinajstić information content (AvgIpc) is 2.61. The van der Waals surface area contributed by atoms with Gasteiger partial charge >= 0.3 is 0 Å². The van der Waals surface area contributed by atoms with Gasteiger partial charge in [-0.2, -0.15) is 0 Å². The summed E-state index contributed by atoms with van der Waals surface area (Å²) < 4.78 is 16.5. The van der Waals surface area contributed by atoms with Gasteiger partial charge in [0, 0.05) is 5.56 Å². The van der Waals surface area contributed by atoms with Gasteiger partial charge < -0.3 is 14.2 Å². The topological polar surface area (TPSA) is 44.8 Å². The molecule has 0 aliphatic rings. The first-order valence-electron chi connectivity index (χ1n) is 7.48. The number of hydrogen-bond donors (Lipinski definition) is 0. The second kappa shape index (κ2) is 9.40. The maximum atomic E-state index is 10.8. The fourth-order valence-electron chi connectivity index (χ4n) is 2.04. The van der Waals surface area contributed by atoms with Crippen LogP contribution in [0.4, 0.5) is 0 Å². The zero-order valence-corrected chi connectivity index (χ0v) is 14.8. The molecule has 6 heteroatoms. The van der Waals surface area contributed by atoms with Crippen LogP contribution < -0.4 is 14.2 Å². The van der Waals surface area contributed by atoms with Crippen LogP contribution in [-0.4, -0.2) is 26.6 Å². The molecule has 0 radical (unpaired) electrons. The molecule has 0 aliphatic carbocycles. The summed E-state index contributed by atoms with van der Waals surface area (Å²) in [7, 11) is 1.54. The SMILES string of the molecule is COc1cc(C=O)ccc1OCCCCOc1cccc(Cl)c1Cl. The van der Waals surface area contributed by atoms with Crippen LogP contribution in [0.25, 0.3) is 0 Å². The standard InChI is InChI=1S/C18H18Cl2O4/c1-22-17-11-13(12-21)7-8-15(17)23-9-2-3-10-24-16-6-4-5-14(19)18(16)20/h4-8,11-12H,2-3,9-10H2,1H3. The Labute approximate surface area is 151 Å². The van der Waals surface area contributed by atoms with Crippen LogP contribution in [-0.2, 0) is 0 Å². The Balaban J connectivity index is 1.73. The van der Waals surface area contributed by atoms with Crippen molar-refractivity contribution in [1.29, 1.82) is 0 Å². The quantitative estimate of drug-likeness (QED) is 0.458. The van der Waals surface area contributed by atoms with Gasteiger partial charge in [-0.1, -0.05) is 29.3 Å². The first-order chi connectivity index (χ1) is 11.7. The summed E-state index contributed by atoms with van der Waals surface area (Å²) in [5.74, 6) is 1.74. The van der Waals surface area contributed by atoms with Gasteiger partial charge in [-0.3, -0.25) is 4.79 Å². The highest BCUT2D eigenvalue weighted by Crippen LogP contribution is 2.31. The molecule has 2 aromatic carbocycles. The van der Waals surface area contributed by atoms with Gasteiger partial charge in [0.15, 0.2) is 11.5 Å². The lowest BCUT2D eigenvalue weighted by atomic mass is 10.2. The van der Waals surface area contributed by atoms with E-state index in [1.807, 2.05) is 0 Å². The van der Waals surface area contributed by atoms with E-state index in [0.29, 0.717) is 46.1 Å². The first kappa shape index (κ1) is 18.4. The fourth-order valence-corrected chi connectivity index (χ4v) is 2.39. The molecular weight excluding hydrogens is 351 g/mol. The number of carbonyl (C=O) groups excluding carboxylic acids is 1. The molecule has 0 heterocycles. The molecule has 0 spiro atoms. The molecule has 0 saturated heterocycles. The van der Waals surface area contributed by atoms with Crippen LogP contribution in [0.1, 0.15) is 23.2 Å². The third-order valence-electron chi connectivity index (χ3n) is 3.29. The fraction of sp³-hybridized carbons (Fsp3) is 0.278. The summed E-state index contributed by atoms with van der Waals surface area (Å²) in [4.78, 5) is 10.8. The summed E-state index contributed by atoms with van der Waals surface area (Å²) in [6.07, 6.45) is 2.37. The van der Waals surface area contributed by atoms with Crippen molar-refractivity contribution < 1.29 is 19.0 Å². The Morgan fingerprint density at radius 3 is 2.33 bits per heavy atom. The number of carbonyl (C=O) groups is 1.